The minimum absolute atomic E-state index is 0.0793. The predicted molar refractivity (Wildman–Crippen MR) is 115 cm³/mol. The van der Waals surface area contributed by atoms with Crippen LogP contribution in [0.5, 0.6) is 0 Å². The van der Waals surface area contributed by atoms with Crippen LogP contribution in [0.1, 0.15) is 48.9 Å². The highest BCUT2D eigenvalue weighted by Crippen LogP contribution is 2.22. The van der Waals surface area contributed by atoms with E-state index in [1.54, 1.807) is 18.3 Å². The molecule has 1 saturated carbocycles. The SMILES string of the molecule is O=C(Cn1cc(NC(=O)c2cccc(S(=O)(=O)N3CCCC3)c2)cn1)NC1CCCC1. The van der Waals surface area contributed by atoms with E-state index in [-0.39, 0.29) is 29.0 Å². The summed E-state index contributed by atoms with van der Waals surface area (Å²) in [6.07, 6.45) is 9.05. The van der Waals surface area contributed by atoms with E-state index in [2.05, 4.69) is 15.7 Å². The standard InChI is InChI=1S/C21H27N5O4S/c27-20(23-17-7-1-2-8-17)15-25-14-18(13-22-25)24-21(28)16-6-5-9-19(12-16)31(29,30)26-10-3-4-11-26/h5-6,9,12-14,17H,1-4,7-8,10-11,15H2,(H,23,27)(H,24,28). The third-order valence-corrected chi connectivity index (χ3v) is 7.61. The van der Waals surface area contributed by atoms with Crippen LogP contribution in [-0.2, 0) is 21.4 Å². The topological polar surface area (TPSA) is 113 Å². The lowest BCUT2D eigenvalue weighted by Crippen LogP contribution is -2.35. The van der Waals surface area contributed by atoms with Crippen molar-refractivity contribution in [2.75, 3.05) is 18.4 Å². The number of hydrogen-bond donors (Lipinski definition) is 2. The molecule has 1 aromatic heterocycles. The van der Waals surface area contributed by atoms with Gasteiger partial charge in [0.15, 0.2) is 0 Å². The predicted octanol–water partition coefficient (Wildman–Crippen LogP) is 1.98. The van der Waals surface area contributed by atoms with Crippen molar-refractivity contribution in [1.29, 1.82) is 0 Å². The Hall–Kier alpha value is -2.72. The van der Waals surface area contributed by atoms with E-state index in [0.717, 1.165) is 38.5 Å². The van der Waals surface area contributed by atoms with Gasteiger partial charge in [0.25, 0.3) is 5.91 Å². The molecule has 2 fully saturated rings. The minimum Gasteiger partial charge on any atom is -0.352 e. The maximum Gasteiger partial charge on any atom is 0.255 e. The van der Waals surface area contributed by atoms with Gasteiger partial charge in [0.2, 0.25) is 15.9 Å². The van der Waals surface area contributed by atoms with Crippen molar-refractivity contribution in [3.63, 3.8) is 0 Å². The molecule has 2 N–H and O–H groups in total. The van der Waals surface area contributed by atoms with Crippen LogP contribution in [0.3, 0.4) is 0 Å². The molecule has 1 aliphatic heterocycles. The highest BCUT2D eigenvalue weighted by atomic mass is 32.2. The van der Waals surface area contributed by atoms with Crippen LogP contribution in [0.2, 0.25) is 0 Å². The normalized spacial score (nSPS) is 17.7. The van der Waals surface area contributed by atoms with Crippen LogP contribution in [0, 0.1) is 0 Å². The summed E-state index contributed by atoms with van der Waals surface area (Å²) in [5.74, 6) is -0.541. The van der Waals surface area contributed by atoms with Crippen molar-refractivity contribution in [2.24, 2.45) is 0 Å². The molecule has 0 radical (unpaired) electrons. The monoisotopic (exact) mass is 445 g/mol. The van der Waals surface area contributed by atoms with E-state index in [4.69, 9.17) is 0 Å². The fourth-order valence-corrected chi connectivity index (χ4v) is 5.65. The largest absolute Gasteiger partial charge is 0.352 e. The van der Waals surface area contributed by atoms with E-state index in [9.17, 15) is 18.0 Å². The van der Waals surface area contributed by atoms with Crippen molar-refractivity contribution < 1.29 is 18.0 Å². The number of carbonyl (C=O) groups is 2. The lowest BCUT2D eigenvalue weighted by atomic mass is 10.2. The highest BCUT2D eigenvalue weighted by Gasteiger charge is 2.27. The molecule has 2 amide bonds. The van der Waals surface area contributed by atoms with Gasteiger partial charge in [-0.2, -0.15) is 9.40 Å². The molecule has 1 saturated heterocycles. The van der Waals surface area contributed by atoms with Gasteiger partial charge in [0.05, 0.1) is 16.8 Å². The van der Waals surface area contributed by atoms with E-state index >= 15 is 0 Å². The molecular formula is C21H27N5O4S. The number of hydrogen-bond acceptors (Lipinski definition) is 5. The summed E-state index contributed by atoms with van der Waals surface area (Å²) >= 11 is 0. The number of nitrogens with one attached hydrogen (secondary N) is 2. The molecule has 9 nitrogen and oxygen atoms in total. The number of rotatable bonds is 7. The van der Waals surface area contributed by atoms with E-state index in [1.165, 1.54) is 27.3 Å². The highest BCUT2D eigenvalue weighted by molar-refractivity contribution is 7.89. The van der Waals surface area contributed by atoms with E-state index < -0.39 is 15.9 Å². The Morgan fingerprint density at radius 2 is 1.84 bits per heavy atom. The van der Waals surface area contributed by atoms with Crippen molar-refractivity contribution >= 4 is 27.5 Å². The molecule has 1 aromatic carbocycles. The van der Waals surface area contributed by atoms with Gasteiger partial charge in [0, 0.05) is 30.9 Å². The zero-order chi connectivity index (χ0) is 21.8. The molecule has 4 rings (SSSR count). The van der Waals surface area contributed by atoms with Gasteiger partial charge < -0.3 is 10.6 Å². The fourth-order valence-electron chi connectivity index (χ4n) is 4.08. The lowest BCUT2D eigenvalue weighted by molar-refractivity contribution is -0.122. The molecule has 166 valence electrons. The molecule has 10 heteroatoms. The van der Waals surface area contributed by atoms with Crippen molar-refractivity contribution in [2.45, 2.75) is 56.0 Å². The summed E-state index contributed by atoms with van der Waals surface area (Å²) in [5, 5.41) is 9.83. The van der Waals surface area contributed by atoms with Crippen molar-refractivity contribution in [3.8, 4) is 0 Å². The number of nitrogens with zero attached hydrogens (tertiary/aromatic N) is 3. The van der Waals surface area contributed by atoms with Crippen LogP contribution in [0.15, 0.2) is 41.6 Å². The Bertz CT molecular complexity index is 1050. The van der Waals surface area contributed by atoms with E-state index in [1.807, 2.05) is 0 Å². The molecule has 0 atom stereocenters. The Morgan fingerprint density at radius 3 is 2.58 bits per heavy atom. The van der Waals surface area contributed by atoms with Crippen LogP contribution in [0.25, 0.3) is 0 Å². The molecule has 2 aliphatic rings. The Labute approximate surface area is 181 Å². The first-order chi connectivity index (χ1) is 14.9. The third kappa shape index (κ3) is 5.13. The molecule has 0 unspecified atom stereocenters. The zero-order valence-corrected chi connectivity index (χ0v) is 18.1. The number of benzene rings is 1. The van der Waals surface area contributed by atoms with Crippen LogP contribution >= 0.6 is 0 Å². The zero-order valence-electron chi connectivity index (χ0n) is 17.3. The Morgan fingerprint density at radius 1 is 1.10 bits per heavy atom. The average Bonchev–Trinajstić information content (AvgIpc) is 3.51. The summed E-state index contributed by atoms with van der Waals surface area (Å²) in [5.41, 5.74) is 0.679. The maximum absolute atomic E-state index is 12.7. The molecule has 31 heavy (non-hydrogen) atoms. The quantitative estimate of drug-likeness (QED) is 0.677. The Kier molecular flexibility index (Phi) is 6.38. The minimum atomic E-state index is -3.59. The second-order valence-corrected chi connectivity index (χ2v) is 10.0. The van der Waals surface area contributed by atoms with Gasteiger partial charge >= 0.3 is 0 Å². The first kappa shape index (κ1) is 21.5. The number of aromatic nitrogens is 2. The van der Waals surface area contributed by atoms with Crippen molar-refractivity contribution in [3.05, 3.63) is 42.2 Å². The third-order valence-electron chi connectivity index (χ3n) is 5.72. The van der Waals surface area contributed by atoms with Crippen LogP contribution in [-0.4, -0.2) is 53.4 Å². The second kappa shape index (κ2) is 9.19. The fraction of sp³-hybridized carbons (Fsp3) is 0.476. The summed E-state index contributed by atoms with van der Waals surface area (Å²) < 4.78 is 28.4. The second-order valence-electron chi connectivity index (χ2n) is 8.07. The summed E-state index contributed by atoms with van der Waals surface area (Å²) in [6, 6.07) is 6.27. The summed E-state index contributed by atoms with van der Waals surface area (Å²) in [4.78, 5) is 24.9. The molecule has 0 spiro atoms. The van der Waals surface area contributed by atoms with Crippen LogP contribution < -0.4 is 10.6 Å². The average molecular weight is 446 g/mol. The lowest BCUT2D eigenvalue weighted by Gasteiger charge is -2.15. The molecular weight excluding hydrogens is 418 g/mol. The van der Waals surface area contributed by atoms with Gasteiger partial charge in [-0.1, -0.05) is 18.9 Å². The number of amides is 2. The number of sulfonamides is 1. The number of anilines is 1. The van der Waals surface area contributed by atoms with Gasteiger partial charge in [0.1, 0.15) is 6.54 Å². The summed E-state index contributed by atoms with van der Waals surface area (Å²) in [6.45, 7) is 1.09. The van der Waals surface area contributed by atoms with Gasteiger partial charge in [-0.25, -0.2) is 8.42 Å². The van der Waals surface area contributed by atoms with E-state index in [0.29, 0.717) is 18.8 Å². The molecule has 0 bridgehead atoms. The first-order valence-electron chi connectivity index (χ1n) is 10.7. The van der Waals surface area contributed by atoms with Gasteiger partial charge in [-0.3, -0.25) is 14.3 Å². The molecule has 2 heterocycles. The Balaban J connectivity index is 1.38. The molecule has 1 aliphatic carbocycles. The van der Waals surface area contributed by atoms with Gasteiger partial charge in [-0.05, 0) is 43.9 Å². The molecule has 2 aromatic rings. The van der Waals surface area contributed by atoms with Crippen molar-refractivity contribution in [1.82, 2.24) is 19.4 Å². The van der Waals surface area contributed by atoms with Gasteiger partial charge in [-0.15, -0.1) is 0 Å². The number of carbonyl (C=O) groups excluding carboxylic acids is 2. The summed E-state index contributed by atoms with van der Waals surface area (Å²) in [7, 11) is -3.59. The van der Waals surface area contributed by atoms with Crippen LogP contribution in [0.4, 0.5) is 5.69 Å². The first-order valence-corrected chi connectivity index (χ1v) is 12.1. The smallest absolute Gasteiger partial charge is 0.255 e. The maximum atomic E-state index is 12.7.